The molecule has 178 valence electrons. The van der Waals surface area contributed by atoms with Crippen molar-refractivity contribution in [2.75, 3.05) is 5.32 Å². The molecule has 3 aromatic heterocycles. The number of benzene rings is 4. The molecule has 0 unspecified atom stereocenters. The number of nitrogens with zero attached hydrogens (tertiary/aromatic N) is 2. The maximum Gasteiger partial charge on any atom is 0.255 e. The molecular weight excluding hydrogens is 480 g/mol. The van der Waals surface area contributed by atoms with Gasteiger partial charge in [-0.15, -0.1) is 11.3 Å². The molecule has 0 atom stereocenters. The minimum atomic E-state index is -0.185. The van der Waals surface area contributed by atoms with Gasteiger partial charge in [0.1, 0.15) is 5.52 Å². The van der Waals surface area contributed by atoms with Crippen LogP contribution in [0.25, 0.3) is 54.0 Å². The summed E-state index contributed by atoms with van der Waals surface area (Å²) in [4.78, 5) is 18.9. The topological polar surface area (TPSA) is 83.8 Å². The van der Waals surface area contributed by atoms with Crippen LogP contribution in [0.5, 0.6) is 0 Å². The number of anilines is 1. The number of oxazole rings is 1. The van der Waals surface area contributed by atoms with Crippen LogP contribution in [0.15, 0.2) is 95.5 Å². The molecule has 0 aliphatic carbocycles. The zero-order chi connectivity index (χ0) is 24.9. The normalized spacial score (nSPS) is 11.5. The lowest BCUT2D eigenvalue weighted by Crippen LogP contribution is -2.12. The first kappa shape index (κ1) is 21.5. The van der Waals surface area contributed by atoms with Gasteiger partial charge < -0.3 is 9.73 Å². The van der Waals surface area contributed by atoms with Gasteiger partial charge in [-0.25, -0.2) is 4.98 Å². The lowest BCUT2D eigenvalue weighted by atomic mass is 10.0. The third-order valence-electron chi connectivity index (χ3n) is 6.44. The number of H-pyrrole nitrogens is 1. The van der Waals surface area contributed by atoms with E-state index in [9.17, 15) is 4.79 Å². The summed E-state index contributed by atoms with van der Waals surface area (Å²) in [5.74, 6) is 0.368. The van der Waals surface area contributed by atoms with Crippen LogP contribution in [0.4, 0.5) is 5.69 Å². The number of carbonyl (C=O) groups excluding carboxylic acids is 1. The van der Waals surface area contributed by atoms with Gasteiger partial charge in [0, 0.05) is 37.3 Å². The maximum absolute atomic E-state index is 13.3. The van der Waals surface area contributed by atoms with Crippen molar-refractivity contribution in [3.63, 3.8) is 0 Å². The number of hydrogen-bond acceptors (Lipinski definition) is 5. The van der Waals surface area contributed by atoms with Crippen molar-refractivity contribution in [3.8, 4) is 21.9 Å². The van der Waals surface area contributed by atoms with Crippen molar-refractivity contribution >= 4 is 55.0 Å². The number of aryl methyl sites for hydroxylation is 1. The highest BCUT2D eigenvalue weighted by Gasteiger charge is 2.16. The van der Waals surface area contributed by atoms with Crippen LogP contribution >= 0.6 is 11.3 Å². The van der Waals surface area contributed by atoms with E-state index < -0.39 is 0 Å². The first-order chi connectivity index (χ1) is 18.1. The van der Waals surface area contributed by atoms with E-state index in [0.717, 1.165) is 43.6 Å². The Morgan fingerprint density at radius 2 is 1.81 bits per heavy atom. The van der Waals surface area contributed by atoms with E-state index in [0.29, 0.717) is 17.1 Å². The number of amides is 1. The molecule has 6 nitrogen and oxygen atoms in total. The Balaban J connectivity index is 1.18. The van der Waals surface area contributed by atoms with Crippen LogP contribution in [0, 0.1) is 6.92 Å². The molecule has 0 aliphatic rings. The molecule has 0 spiro atoms. The Morgan fingerprint density at radius 3 is 2.68 bits per heavy atom. The Kier molecular flexibility index (Phi) is 4.90. The van der Waals surface area contributed by atoms with Crippen molar-refractivity contribution in [3.05, 3.63) is 102 Å². The SMILES string of the molecule is Cc1ccc2nc(-c3ccc(NC(=O)c4cc(-c5cc6ccccc6s5)c5[nH]ncc5c4)cc3)oc2c1. The van der Waals surface area contributed by atoms with Crippen LogP contribution in [-0.4, -0.2) is 21.1 Å². The summed E-state index contributed by atoms with van der Waals surface area (Å²) in [6.45, 7) is 2.02. The van der Waals surface area contributed by atoms with Gasteiger partial charge in [-0.2, -0.15) is 5.10 Å². The molecule has 0 bridgehead atoms. The van der Waals surface area contributed by atoms with E-state index in [4.69, 9.17) is 4.42 Å². The molecular formula is C30H20N4O2S. The third kappa shape index (κ3) is 3.86. The number of nitrogens with one attached hydrogen (secondary N) is 2. The predicted octanol–water partition coefficient (Wildman–Crippen LogP) is 7.81. The molecule has 3 heterocycles. The van der Waals surface area contributed by atoms with Gasteiger partial charge >= 0.3 is 0 Å². The molecule has 0 saturated carbocycles. The number of hydrogen-bond donors (Lipinski definition) is 2. The molecule has 4 aromatic carbocycles. The molecule has 0 radical (unpaired) electrons. The van der Waals surface area contributed by atoms with E-state index in [-0.39, 0.29) is 5.91 Å². The van der Waals surface area contributed by atoms with Gasteiger partial charge in [-0.05, 0) is 78.5 Å². The van der Waals surface area contributed by atoms with Gasteiger partial charge in [-0.3, -0.25) is 9.89 Å². The molecule has 0 saturated heterocycles. The number of fused-ring (bicyclic) bond motifs is 3. The standard InChI is InChI=1S/C30H20N4O2S/c1-17-6-11-24-25(12-17)36-30(33-24)18-7-9-22(10-8-18)32-29(35)20-13-21-16-31-34-28(21)23(14-20)27-15-19-4-2-3-5-26(19)37-27/h2-16H,1H3,(H,31,34)(H,32,35). The number of carbonyl (C=O) groups is 1. The fraction of sp³-hybridized carbons (Fsp3) is 0.0333. The Bertz CT molecular complexity index is 1910. The second-order valence-corrected chi connectivity index (χ2v) is 10.1. The summed E-state index contributed by atoms with van der Waals surface area (Å²) in [7, 11) is 0. The molecule has 0 fully saturated rings. The monoisotopic (exact) mass is 500 g/mol. The minimum absolute atomic E-state index is 0.185. The van der Waals surface area contributed by atoms with Crippen molar-refractivity contribution < 1.29 is 9.21 Å². The molecule has 2 N–H and O–H groups in total. The lowest BCUT2D eigenvalue weighted by molar-refractivity contribution is 0.102. The smallest absolute Gasteiger partial charge is 0.255 e. The van der Waals surface area contributed by atoms with E-state index in [1.165, 1.54) is 10.1 Å². The maximum atomic E-state index is 13.3. The van der Waals surface area contributed by atoms with Crippen molar-refractivity contribution in [1.82, 2.24) is 15.2 Å². The highest BCUT2D eigenvalue weighted by atomic mass is 32.1. The van der Waals surface area contributed by atoms with E-state index >= 15 is 0 Å². The summed E-state index contributed by atoms with van der Waals surface area (Å²) in [5, 5.41) is 12.4. The quantitative estimate of drug-likeness (QED) is 0.258. The van der Waals surface area contributed by atoms with E-state index in [1.807, 2.05) is 73.7 Å². The van der Waals surface area contributed by atoms with Gasteiger partial charge in [0.2, 0.25) is 5.89 Å². The number of aromatic nitrogens is 3. The molecule has 7 heteroatoms. The average molecular weight is 501 g/mol. The molecule has 7 rings (SSSR count). The zero-order valence-electron chi connectivity index (χ0n) is 19.8. The van der Waals surface area contributed by atoms with Crippen molar-refractivity contribution in [2.45, 2.75) is 6.92 Å². The lowest BCUT2D eigenvalue weighted by Gasteiger charge is -2.08. The van der Waals surface area contributed by atoms with Crippen molar-refractivity contribution in [1.29, 1.82) is 0 Å². The highest BCUT2D eigenvalue weighted by Crippen LogP contribution is 2.37. The van der Waals surface area contributed by atoms with Crippen LogP contribution in [0.1, 0.15) is 15.9 Å². The Morgan fingerprint density at radius 1 is 0.946 bits per heavy atom. The van der Waals surface area contributed by atoms with Gasteiger partial charge in [0.25, 0.3) is 5.91 Å². The summed E-state index contributed by atoms with van der Waals surface area (Å²) in [6, 6.07) is 27.7. The Hall–Kier alpha value is -4.75. The number of thiophene rings is 1. The van der Waals surface area contributed by atoms with E-state index in [1.54, 1.807) is 17.5 Å². The molecule has 7 aromatic rings. The minimum Gasteiger partial charge on any atom is -0.436 e. The van der Waals surface area contributed by atoms with Crippen LogP contribution in [0.2, 0.25) is 0 Å². The number of rotatable bonds is 4. The first-order valence-corrected chi connectivity index (χ1v) is 12.7. The fourth-order valence-electron chi connectivity index (χ4n) is 4.55. The van der Waals surface area contributed by atoms with Crippen LogP contribution in [0.3, 0.4) is 0 Å². The van der Waals surface area contributed by atoms with Crippen molar-refractivity contribution in [2.24, 2.45) is 0 Å². The highest BCUT2D eigenvalue weighted by molar-refractivity contribution is 7.22. The molecule has 1 amide bonds. The van der Waals surface area contributed by atoms with E-state index in [2.05, 4.69) is 38.7 Å². The van der Waals surface area contributed by atoms with Crippen LogP contribution in [-0.2, 0) is 0 Å². The third-order valence-corrected chi connectivity index (χ3v) is 7.59. The van der Waals surface area contributed by atoms with Gasteiger partial charge in [-0.1, -0.05) is 24.3 Å². The summed E-state index contributed by atoms with van der Waals surface area (Å²) in [6.07, 6.45) is 1.75. The second kappa shape index (κ2) is 8.43. The second-order valence-electron chi connectivity index (χ2n) is 9.03. The fourth-order valence-corrected chi connectivity index (χ4v) is 5.64. The summed E-state index contributed by atoms with van der Waals surface area (Å²) < 4.78 is 7.13. The summed E-state index contributed by atoms with van der Waals surface area (Å²) in [5.41, 5.74) is 6.69. The molecule has 0 aliphatic heterocycles. The predicted molar refractivity (Wildman–Crippen MR) is 149 cm³/mol. The zero-order valence-corrected chi connectivity index (χ0v) is 20.6. The first-order valence-electron chi connectivity index (χ1n) is 11.9. The molecule has 37 heavy (non-hydrogen) atoms. The van der Waals surface area contributed by atoms with Crippen LogP contribution < -0.4 is 5.32 Å². The van der Waals surface area contributed by atoms with Gasteiger partial charge in [0.05, 0.1) is 11.7 Å². The average Bonchev–Trinajstić information content (AvgIpc) is 3.65. The van der Waals surface area contributed by atoms with Gasteiger partial charge in [0.15, 0.2) is 5.58 Å². The summed E-state index contributed by atoms with van der Waals surface area (Å²) >= 11 is 1.70. The Labute approximate surface area is 215 Å². The largest absolute Gasteiger partial charge is 0.436 e. The number of aromatic amines is 1.